The second kappa shape index (κ2) is 11.2. The van der Waals surface area contributed by atoms with E-state index in [4.69, 9.17) is 5.73 Å². The molecule has 0 radical (unpaired) electrons. The average molecular weight is 441 g/mol. The molecule has 3 N–H and O–H groups in total. The molecule has 2 atom stereocenters. The van der Waals surface area contributed by atoms with Crippen LogP contribution < -0.4 is 11.1 Å². The first kappa shape index (κ1) is 25.5. The van der Waals surface area contributed by atoms with Crippen molar-refractivity contribution in [2.75, 3.05) is 6.54 Å². The van der Waals surface area contributed by atoms with Crippen LogP contribution in [0.3, 0.4) is 0 Å². The number of halogens is 2. The van der Waals surface area contributed by atoms with Crippen LogP contribution in [0.5, 0.6) is 0 Å². The van der Waals surface area contributed by atoms with Crippen molar-refractivity contribution >= 4 is 16.7 Å². The van der Waals surface area contributed by atoms with Gasteiger partial charge in [0.05, 0.1) is 0 Å². The lowest BCUT2D eigenvalue weighted by molar-refractivity contribution is 0.0174. The van der Waals surface area contributed by atoms with Crippen molar-refractivity contribution in [2.24, 2.45) is 5.73 Å². The zero-order valence-corrected chi connectivity index (χ0v) is 19.6. The van der Waals surface area contributed by atoms with Crippen LogP contribution in [0, 0.1) is 6.92 Å². The van der Waals surface area contributed by atoms with Crippen molar-refractivity contribution in [2.45, 2.75) is 58.9 Å². The van der Waals surface area contributed by atoms with Crippen molar-refractivity contribution in [3.05, 3.63) is 82.9 Å². The summed E-state index contributed by atoms with van der Waals surface area (Å²) in [4.78, 5) is 12.2. The van der Waals surface area contributed by atoms with Crippen LogP contribution in [0.1, 0.15) is 67.1 Å². The van der Waals surface area contributed by atoms with E-state index in [1.807, 2.05) is 26.0 Å². The number of benzene rings is 3. The highest BCUT2D eigenvalue weighted by Gasteiger charge is 2.23. The van der Waals surface area contributed by atoms with Crippen molar-refractivity contribution in [3.63, 3.8) is 0 Å². The van der Waals surface area contributed by atoms with Crippen LogP contribution in [0.25, 0.3) is 10.8 Å². The topological polar surface area (TPSA) is 55.1 Å². The molecule has 5 heteroatoms. The lowest BCUT2D eigenvalue weighted by Gasteiger charge is -2.14. The summed E-state index contributed by atoms with van der Waals surface area (Å²) in [7, 11) is 0. The second-order valence-electron chi connectivity index (χ2n) is 8.46. The van der Waals surface area contributed by atoms with E-state index in [1.165, 1.54) is 23.1 Å². The Hall–Kier alpha value is -2.79. The Kier molecular flexibility index (Phi) is 8.90. The molecule has 0 heterocycles. The van der Waals surface area contributed by atoms with Crippen molar-refractivity contribution < 1.29 is 13.6 Å². The number of rotatable bonds is 6. The fourth-order valence-electron chi connectivity index (χ4n) is 3.31. The molecule has 0 saturated heterocycles. The van der Waals surface area contributed by atoms with Gasteiger partial charge in [0.25, 0.3) is 11.8 Å². The first-order valence-corrected chi connectivity index (χ1v) is 11.0. The van der Waals surface area contributed by atoms with Gasteiger partial charge in [-0.3, -0.25) is 4.79 Å². The number of hydrogen-bond acceptors (Lipinski definition) is 2. The first-order valence-electron chi connectivity index (χ1n) is 11.0. The van der Waals surface area contributed by atoms with Crippen LogP contribution in [0.4, 0.5) is 8.78 Å². The standard InChI is InChI=1S/C18H24N2O.C9H10F2/c1-4-12(2)16-7-5-6-14-10-15(8-9-17(14)16)18(21)20-13(3)11-19;1-7-3-5-8(6-4-7)9(2,10)11/h5-10,12-13H,4,11,19H2,1-3H3,(H,20,21);3-6H,1-2H3. The third-order valence-corrected chi connectivity index (χ3v) is 5.61. The molecule has 0 saturated carbocycles. The number of fused-ring (bicyclic) bond motifs is 1. The van der Waals surface area contributed by atoms with E-state index in [9.17, 15) is 13.6 Å². The summed E-state index contributed by atoms with van der Waals surface area (Å²) in [5.41, 5.74) is 8.64. The van der Waals surface area contributed by atoms with Crippen LogP contribution >= 0.6 is 0 Å². The molecule has 3 aromatic carbocycles. The molecule has 0 aliphatic carbocycles. The van der Waals surface area contributed by atoms with E-state index < -0.39 is 5.92 Å². The van der Waals surface area contributed by atoms with Gasteiger partial charge in [-0.2, -0.15) is 0 Å². The van der Waals surface area contributed by atoms with Gasteiger partial charge < -0.3 is 11.1 Å². The van der Waals surface area contributed by atoms with Crippen LogP contribution in [0.2, 0.25) is 0 Å². The first-order chi connectivity index (χ1) is 15.1. The van der Waals surface area contributed by atoms with E-state index in [0.717, 1.165) is 24.3 Å². The number of nitrogens with one attached hydrogen (secondary N) is 1. The molecule has 1 amide bonds. The van der Waals surface area contributed by atoms with Gasteiger partial charge >= 0.3 is 0 Å². The highest BCUT2D eigenvalue weighted by Crippen LogP contribution is 2.28. The molecule has 0 fully saturated rings. The van der Waals surface area contributed by atoms with Gasteiger partial charge in [0.15, 0.2) is 0 Å². The number of amides is 1. The highest BCUT2D eigenvalue weighted by molar-refractivity contribution is 5.99. The average Bonchev–Trinajstić information content (AvgIpc) is 2.77. The highest BCUT2D eigenvalue weighted by atomic mass is 19.3. The summed E-state index contributed by atoms with van der Waals surface area (Å²) >= 11 is 0. The molecular weight excluding hydrogens is 406 g/mol. The van der Waals surface area contributed by atoms with Crippen molar-refractivity contribution in [1.82, 2.24) is 5.32 Å². The molecule has 0 bridgehead atoms. The number of carbonyl (C=O) groups excluding carboxylic acids is 1. The van der Waals surface area contributed by atoms with Crippen LogP contribution in [-0.4, -0.2) is 18.5 Å². The van der Waals surface area contributed by atoms with Gasteiger partial charge in [-0.05, 0) is 54.7 Å². The summed E-state index contributed by atoms with van der Waals surface area (Å²) in [5, 5.41) is 5.24. The Morgan fingerprint density at radius 2 is 1.72 bits per heavy atom. The third kappa shape index (κ3) is 6.86. The molecular formula is C27H34F2N2O. The number of alkyl halides is 2. The lowest BCUT2D eigenvalue weighted by Crippen LogP contribution is -2.37. The predicted octanol–water partition coefficient (Wildman–Crippen LogP) is 6.54. The van der Waals surface area contributed by atoms with Gasteiger partial charge in [0.1, 0.15) is 0 Å². The van der Waals surface area contributed by atoms with E-state index >= 15 is 0 Å². The molecule has 32 heavy (non-hydrogen) atoms. The lowest BCUT2D eigenvalue weighted by atomic mass is 9.92. The quantitative estimate of drug-likeness (QED) is 0.457. The van der Waals surface area contributed by atoms with E-state index in [-0.39, 0.29) is 17.5 Å². The Labute approximate surface area is 190 Å². The van der Waals surface area contributed by atoms with E-state index in [2.05, 4.69) is 43.4 Å². The maximum absolute atomic E-state index is 12.6. The number of hydrogen-bond donors (Lipinski definition) is 2. The summed E-state index contributed by atoms with van der Waals surface area (Å²) in [5.74, 6) is -2.26. The zero-order valence-electron chi connectivity index (χ0n) is 19.6. The Bertz CT molecular complexity index is 1030. The molecule has 0 aliphatic rings. The molecule has 172 valence electrons. The third-order valence-electron chi connectivity index (χ3n) is 5.61. The van der Waals surface area contributed by atoms with E-state index in [1.54, 1.807) is 12.1 Å². The van der Waals surface area contributed by atoms with Crippen LogP contribution in [-0.2, 0) is 5.92 Å². The summed E-state index contributed by atoms with van der Waals surface area (Å²) in [6, 6.07) is 18.5. The zero-order chi connectivity index (χ0) is 23.9. The molecule has 0 aliphatic heterocycles. The Balaban J connectivity index is 0.000000278. The Morgan fingerprint density at radius 1 is 1.06 bits per heavy atom. The monoisotopic (exact) mass is 440 g/mol. The molecule has 0 aromatic heterocycles. The number of carbonyl (C=O) groups is 1. The summed E-state index contributed by atoms with van der Waals surface area (Å²) < 4.78 is 25.2. The minimum absolute atomic E-state index is 0.0142. The normalized spacial score (nSPS) is 13.1. The fraction of sp³-hybridized carbons (Fsp3) is 0.370. The number of aryl methyl sites for hydroxylation is 1. The molecule has 2 unspecified atom stereocenters. The SMILES string of the molecule is CCC(C)c1cccc2cc(C(=O)NC(C)CN)ccc12.Cc1ccc(C(C)(F)F)cc1. The minimum atomic E-state index is -2.71. The molecule has 3 aromatic rings. The summed E-state index contributed by atoms with van der Waals surface area (Å²) in [6.07, 6.45) is 1.11. The van der Waals surface area contributed by atoms with Gasteiger partial charge in [-0.1, -0.05) is 67.9 Å². The van der Waals surface area contributed by atoms with Gasteiger partial charge in [0.2, 0.25) is 0 Å². The maximum Gasteiger partial charge on any atom is 0.270 e. The predicted molar refractivity (Wildman–Crippen MR) is 129 cm³/mol. The largest absolute Gasteiger partial charge is 0.348 e. The van der Waals surface area contributed by atoms with E-state index in [0.29, 0.717) is 18.0 Å². The number of nitrogens with two attached hydrogens (primary N) is 1. The van der Waals surface area contributed by atoms with Gasteiger partial charge in [-0.15, -0.1) is 0 Å². The smallest absolute Gasteiger partial charge is 0.270 e. The van der Waals surface area contributed by atoms with Gasteiger partial charge in [-0.25, -0.2) is 8.78 Å². The second-order valence-corrected chi connectivity index (χ2v) is 8.46. The van der Waals surface area contributed by atoms with Gasteiger partial charge in [0, 0.05) is 30.6 Å². The Morgan fingerprint density at radius 3 is 2.28 bits per heavy atom. The van der Waals surface area contributed by atoms with Crippen molar-refractivity contribution in [3.8, 4) is 0 Å². The summed E-state index contributed by atoms with van der Waals surface area (Å²) in [6.45, 7) is 9.55. The fourth-order valence-corrected chi connectivity index (χ4v) is 3.31. The molecule has 0 spiro atoms. The molecule has 3 nitrogen and oxygen atoms in total. The van der Waals surface area contributed by atoms with Crippen molar-refractivity contribution in [1.29, 1.82) is 0 Å². The minimum Gasteiger partial charge on any atom is -0.348 e. The molecule has 3 rings (SSSR count). The van der Waals surface area contributed by atoms with Crippen LogP contribution in [0.15, 0.2) is 60.7 Å². The maximum atomic E-state index is 12.6.